The molecule has 10 heavy (non-hydrogen) atoms. The molecule has 1 aromatic heterocycles. The molecule has 1 N–H and O–H groups in total. The summed E-state index contributed by atoms with van der Waals surface area (Å²) in [5.74, 6) is 0. The zero-order chi connectivity index (χ0) is 7.23. The first-order valence-corrected chi connectivity index (χ1v) is 3.21. The van der Waals surface area contributed by atoms with Crippen LogP contribution in [0.2, 0.25) is 0 Å². The Labute approximate surface area is 59.7 Å². The standard InChI is InChI=1S/C7H10N2O/c10-7-8-3-6-9-4-1-2-5-9/h1-2,4-5,7H,3,6H2,(H,8,10). The van der Waals surface area contributed by atoms with Crippen LogP contribution in [0.4, 0.5) is 0 Å². The quantitative estimate of drug-likeness (QED) is 0.469. The van der Waals surface area contributed by atoms with Crippen LogP contribution in [0.25, 0.3) is 0 Å². The molecule has 0 aliphatic carbocycles. The summed E-state index contributed by atoms with van der Waals surface area (Å²) in [6.07, 6.45) is 4.64. The van der Waals surface area contributed by atoms with Gasteiger partial charge in [-0.15, -0.1) is 0 Å². The number of hydrogen-bond donors (Lipinski definition) is 1. The Morgan fingerprint density at radius 1 is 1.40 bits per heavy atom. The van der Waals surface area contributed by atoms with Gasteiger partial charge < -0.3 is 9.88 Å². The van der Waals surface area contributed by atoms with E-state index in [4.69, 9.17) is 0 Å². The average molecular weight is 138 g/mol. The molecule has 0 spiro atoms. The molecular formula is C7H10N2O. The Kier molecular flexibility index (Phi) is 2.55. The maximum Gasteiger partial charge on any atom is 0.207 e. The zero-order valence-electron chi connectivity index (χ0n) is 5.66. The van der Waals surface area contributed by atoms with Crippen LogP contribution in [0, 0.1) is 0 Å². The van der Waals surface area contributed by atoms with Crippen LogP contribution in [0.5, 0.6) is 0 Å². The lowest BCUT2D eigenvalue weighted by molar-refractivity contribution is -0.109. The van der Waals surface area contributed by atoms with Gasteiger partial charge in [0, 0.05) is 25.5 Å². The Balaban J connectivity index is 2.21. The van der Waals surface area contributed by atoms with Gasteiger partial charge in [-0.2, -0.15) is 0 Å². The summed E-state index contributed by atoms with van der Waals surface area (Å²) in [6, 6.07) is 3.92. The molecule has 54 valence electrons. The number of nitrogens with one attached hydrogen (secondary N) is 1. The van der Waals surface area contributed by atoms with Crippen LogP contribution in [0.15, 0.2) is 24.5 Å². The van der Waals surface area contributed by atoms with E-state index in [1.807, 2.05) is 29.1 Å². The summed E-state index contributed by atoms with van der Waals surface area (Å²) >= 11 is 0. The highest BCUT2D eigenvalue weighted by atomic mass is 16.1. The minimum atomic E-state index is 0.693. The minimum Gasteiger partial charge on any atom is -0.357 e. The van der Waals surface area contributed by atoms with Gasteiger partial charge in [-0.3, -0.25) is 4.79 Å². The molecule has 0 unspecified atom stereocenters. The maximum absolute atomic E-state index is 9.81. The molecule has 0 atom stereocenters. The summed E-state index contributed by atoms with van der Waals surface area (Å²) in [6.45, 7) is 1.53. The fourth-order valence-electron chi connectivity index (χ4n) is 0.772. The number of rotatable bonds is 4. The third-order valence-electron chi connectivity index (χ3n) is 1.26. The number of nitrogens with zero attached hydrogens (tertiary/aromatic N) is 1. The molecule has 0 aliphatic rings. The fraction of sp³-hybridized carbons (Fsp3) is 0.286. The van der Waals surface area contributed by atoms with E-state index in [-0.39, 0.29) is 0 Å². The van der Waals surface area contributed by atoms with Crippen LogP contribution in [-0.4, -0.2) is 17.5 Å². The lowest BCUT2D eigenvalue weighted by Crippen LogP contribution is -2.16. The van der Waals surface area contributed by atoms with E-state index in [1.54, 1.807) is 0 Å². The van der Waals surface area contributed by atoms with E-state index in [0.717, 1.165) is 6.54 Å². The summed E-state index contributed by atoms with van der Waals surface area (Å²) in [5, 5.41) is 2.59. The molecule has 0 aliphatic heterocycles. The van der Waals surface area contributed by atoms with Gasteiger partial charge in [0.15, 0.2) is 0 Å². The maximum atomic E-state index is 9.81. The molecule has 1 aromatic rings. The normalized spacial score (nSPS) is 9.20. The van der Waals surface area contributed by atoms with Crippen LogP contribution in [-0.2, 0) is 11.3 Å². The van der Waals surface area contributed by atoms with Crippen molar-refractivity contribution in [3.8, 4) is 0 Å². The second-order valence-corrected chi connectivity index (χ2v) is 1.99. The van der Waals surface area contributed by atoms with Gasteiger partial charge in [0.2, 0.25) is 6.41 Å². The van der Waals surface area contributed by atoms with Gasteiger partial charge in [0.1, 0.15) is 0 Å². The van der Waals surface area contributed by atoms with Crippen molar-refractivity contribution in [2.45, 2.75) is 6.54 Å². The van der Waals surface area contributed by atoms with E-state index in [2.05, 4.69) is 5.32 Å². The molecule has 0 fully saturated rings. The fourth-order valence-corrected chi connectivity index (χ4v) is 0.772. The van der Waals surface area contributed by atoms with Crippen molar-refractivity contribution in [1.82, 2.24) is 9.88 Å². The molecular weight excluding hydrogens is 128 g/mol. The lowest BCUT2D eigenvalue weighted by atomic mass is 10.6. The van der Waals surface area contributed by atoms with Gasteiger partial charge in [-0.25, -0.2) is 0 Å². The van der Waals surface area contributed by atoms with Gasteiger partial charge in [-0.05, 0) is 12.1 Å². The second kappa shape index (κ2) is 3.71. The van der Waals surface area contributed by atoms with Crippen molar-refractivity contribution < 1.29 is 4.79 Å². The molecule has 0 radical (unpaired) electrons. The molecule has 1 rings (SSSR count). The van der Waals surface area contributed by atoms with Crippen molar-refractivity contribution in [3.05, 3.63) is 24.5 Å². The number of aromatic nitrogens is 1. The summed E-state index contributed by atoms with van der Waals surface area (Å²) in [7, 11) is 0. The zero-order valence-corrected chi connectivity index (χ0v) is 5.66. The molecule has 3 heteroatoms. The second-order valence-electron chi connectivity index (χ2n) is 1.99. The summed E-state index contributed by atoms with van der Waals surface area (Å²) < 4.78 is 2.01. The largest absolute Gasteiger partial charge is 0.357 e. The van der Waals surface area contributed by atoms with Crippen molar-refractivity contribution in [2.75, 3.05) is 6.54 Å². The first kappa shape index (κ1) is 6.86. The van der Waals surface area contributed by atoms with Crippen LogP contribution >= 0.6 is 0 Å². The lowest BCUT2D eigenvalue weighted by Gasteiger charge is -1.99. The Bertz CT molecular complexity index is 181. The molecule has 0 saturated carbocycles. The number of hydrogen-bond acceptors (Lipinski definition) is 1. The number of carbonyl (C=O) groups is 1. The predicted molar refractivity (Wildman–Crippen MR) is 38.5 cm³/mol. The van der Waals surface area contributed by atoms with E-state index in [9.17, 15) is 4.79 Å². The molecule has 3 nitrogen and oxygen atoms in total. The molecule has 0 bridgehead atoms. The third-order valence-corrected chi connectivity index (χ3v) is 1.26. The van der Waals surface area contributed by atoms with Crippen molar-refractivity contribution in [2.24, 2.45) is 0 Å². The Morgan fingerprint density at radius 3 is 2.70 bits per heavy atom. The number of carbonyl (C=O) groups excluding carboxylic acids is 1. The highest BCUT2D eigenvalue weighted by Crippen LogP contribution is 1.87. The Hall–Kier alpha value is -1.25. The molecule has 1 amide bonds. The Morgan fingerprint density at radius 2 is 2.10 bits per heavy atom. The van der Waals surface area contributed by atoms with E-state index >= 15 is 0 Å². The molecule has 0 aromatic carbocycles. The van der Waals surface area contributed by atoms with Gasteiger partial charge >= 0.3 is 0 Å². The molecule has 0 saturated heterocycles. The monoisotopic (exact) mass is 138 g/mol. The summed E-state index contributed by atoms with van der Waals surface area (Å²) in [5.41, 5.74) is 0. The predicted octanol–water partition coefficient (Wildman–Crippen LogP) is 0.234. The first-order valence-electron chi connectivity index (χ1n) is 3.21. The van der Waals surface area contributed by atoms with Crippen molar-refractivity contribution in [1.29, 1.82) is 0 Å². The topological polar surface area (TPSA) is 34.0 Å². The van der Waals surface area contributed by atoms with Crippen molar-refractivity contribution >= 4 is 6.41 Å². The average Bonchev–Trinajstić information content (AvgIpc) is 2.41. The summed E-state index contributed by atoms with van der Waals surface area (Å²) in [4.78, 5) is 9.81. The molecule has 1 heterocycles. The van der Waals surface area contributed by atoms with Gasteiger partial charge in [0.25, 0.3) is 0 Å². The van der Waals surface area contributed by atoms with Crippen molar-refractivity contribution in [3.63, 3.8) is 0 Å². The van der Waals surface area contributed by atoms with E-state index in [0.29, 0.717) is 13.0 Å². The SMILES string of the molecule is O=CNCCn1cccc1. The first-order chi connectivity index (χ1) is 4.93. The van der Waals surface area contributed by atoms with Gasteiger partial charge in [-0.1, -0.05) is 0 Å². The van der Waals surface area contributed by atoms with E-state index in [1.165, 1.54) is 0 Å². The number of amides is 1. The highest BCUT2D eigenvalue weighted by Gasteiger charge is 1.85. The highest BCUT2D eigenvalue weighted by molar-refractivity contribution is 5.45. The van der Waals surface area contributed by atoms with Crippen LogP contribution < -0.4 is 5.32 Å². The smallest absolute Gasteiger partial charge is 0.207 e. The van der Waals surface area contributed by atoms with E-state index < -0.39 is 0 Å². The van der Waals surface area contributed by atoms with Gasteiger partial charge in [0.05, 0.1) is 0 Å². The van der Waals surface area contributed by atoms with Crippen LogP contribution in [0.1, 0.15) is 0 Å². The van der Waals surface area contributed by atoms with Crippen LogP contribution in [0.3, 0.4) is 0 Å². The third kappa shape index (κ3) is 1.93. The minimum absolute atomic E-state index is 0.693.